The smallest absolute Gasteiger partial charge is 0.258 e. The molecular weight excluding hydrogens is 401 g/mol. The fourth-order valence-corrected chi connectivity index (χ4v) is 6.15. The average molecular weight is 426 g/mol. The number of hydrogen-bond donors (Lipinski definition) is 1. The van der Waals surface area contributed by atoms with Crippen molar-refractivity contribution < 1.29 is 13.9 Å². The second kappa shape index (κ2) is 7.95. The van der Waals surface area contributed by atoms with Gasteiger partial charge in [-0.3, -0.25) is 4.79 Å². The van der Waals surface area contributed by atoms with Crippen molar-refractivity contribution in [2.75, 3.05) is 6.61 Å². The molecule has 0 radical (unpaired) electrons. The van der Waals surface area contributed by atoms with Gasteiger partial charge in [0.1, 0.15) is 17.0 Å². The number of halogens is 1. The number of nitrogens with zero attached hydrogens (tertiary/aromatic N) is 2. The van der Waals surface area contributed by atoms with Crippen LogP contribution in [0, 0.1) is 23.6 Å². The highest BCUT2D eigenvalue weighted by atomic mass is 32.1. The molecule has 1 aromatic carbocycles. The van der Waals surface area contributed by atoms with Crippen LogP contribution in [-0.2, 0) is 4.79 Å². The molecule has 4 atom stereocenters. The highest BCUT2D eigenvalue weighted by Crippen LogP contribution is 2.49. The molecule has 2 fully saturated rings. The van der Waals surface area contributed by atoms with E-state index in [1.807, 2.05) is 5.38 Å². The maximum atomic E-state index is 13.3. The van der Waals surface area contributed by atoms with E-state index in [4.69, 9.17) is 4.74 Å². The van der Waals surface area contributed by atoms with Crippen LogP contribution in [0.25, 0.3) is 21.3 Å². The summed E-state index contributed by atoms with van der Waals surface area (Å²) in [5.74, 6) is 2.16. The van der Waals surface area contributed by atoms with Gasteiger partial charge in [0.15, 0.2) is 6.61 Å². The summed E-state index contributed by atoms with van der Waals surface area (Å²) in [6.07, 6.45) is 6.65. The first-order valence-electron chi connectivity index (χ1n) is 10.5. The number of amides is 1. The normalized spacial score (nSPS) is 23.6. The van der Waals surface area contributed by atoms with Crippen LogP contribution in [0.2, 0.25) is 0 Å². The zero-order valence-electron chi connectivity index (χ0n) is 16.8. The van der Waals surface area contributed by atoms with Gasteiger partial charge in [0.2, 0.25) is 5.88 Å². The van der Waals surface area contributed by atoms with Gasteiger partial charge in [0.05, 0.1) is 5.39 Å². The Morgan fingerprint density at radius 2 is 2.10 bits per heavy atom. The number of benzene rings is 1. The standard InChI is InChI=1S/C23H24FN3O2S/c1-13(18-9-14-2-3-16(18)8-14)27-20(28)10-29-22-21-19(11-30-23(21)26-12-25-22)15-4-6-17(24)7-5-15/h4-7,11-14,16,18H,2-3,8-10H2,1H3,(H,27,28)/t13-,14+,16+,18+/m1/s1. The van der Waals surface area contributed by atoms with E-state index >= 15 is 0 Å². The van der Waals surface area contributed by atoms with Crippen LogP contribution in [0.15, 0.2) is 36.0 Å². The Kier molecular flexibility index (Phi) is 5.15. The third kappa shape index (κ3) is 3.67. The summed E-state index contributed by atoms with van der Waals surface area (Å²) < 4.78 is 19.1. The van der Waals surface area contributed by atoms with E-state index in [0.29, 0.717) is 11.8 Å². The van der Waals surface area contributed by atoms with Gasteiger partial charge < -0.3 is 10.1 Å². The van der Waals surface area contributed by atoms with E-state index in [2.05, 4.69) is 22.2 Å². The third-order valence-corrected chi connectivity index (χ3v) is 7.54. The first-order chi connectivity index (χ1) is 14.6. The van der Waals surface area contributed by atoms with Crippen molar-refractivity contribution in [3.8, 4) is 17.0 Å². The fourth-order valence-electron chi connectivity index (χ4n) is 5.24. The number of ether oxygens (including phenoxy) is 1. The molecule has 0 unspecified atom stereocenters. The van der Waals surface area contributed by atoms with Crippen LogP contribution in [0.4, 0.5) is 4.39 Å². The molecule has 0 saturated heterocycles. The number of carbonyl (C=O) groups excluding carboxylic acids is 1. The summed E-state index contributed by atoms with van der Waals surface area (Å²) in [5, 5.41) is 5.83. The van der Waals surface area contributed by atoms with Crippen molar-refractivity contribution in [1.82, 2.24) is 15.3 Å². The van der Waals surface area contributed by atoms with Crippen LogP contribution >= 0.6 is 11.3 Å². The Morgan fingerprint density at radius 3 is 2.83 bits per heavy atom. The van der Waals surface area contributed by atoms with Gasteiger partial charge >= 0.3 is 0 Å². The molecule has 1 amide bonds. The third-order valence-electron chi connectivity index (χ3n) is 6.65. The minimum Gasteiger partial charge on any atom is -0.467 e. The summed E-state index contributed by atoms with van der Waals surface area (Å²) in [7, 11) is 0. The summed E-state index contributed by atoms with van der Waals surface area (Å²) in [5.41, 5.74) is 1.73. The van der Waals surface area contributed by atoms with Gasteiger partial charge in [-0.15, -0.1) is 11.3 Å². The number of hydrogen-bond acceptors (Lipinski definition) is 5. The fraction of sp³-hybridized carbons (Fsp3) is 0.435. The molecule has 2 aliphatic rings. The molecule has 156 valence electrons. The molecule has 2 aromatic heterocycles. The monoisotopic (exact) mass is 425 g/mol. The molecule has 30 heavy (non-hydrogen) atoms. The van der Waals surface area contributed by atoms with E-state index in [1.165, 1.54) is 55.5 Å². The number of carbonyl (C=O) groups is 1. The molecule has 2 bridgehead atoms. The largest absolute Gasteiger partial charge is 0.467 e. The number of aromatic nitrogens is 2. The van der Waals surface area contributed by atoms with Crippen LogP contribution < -0.4 is 10.1 Å². The Hall–Kier alpha value is -2.54. The molecule has 7 heteroatoms. The van der Waals surface area contributed by atoms with Gasteiger partial charge in [0.25, 0.3) is 5.91 Å². The molecule has 5 nitrogen and oxygen atoms in total. The molecule has 5 rings (SSSR count). The lowest BCUT2D eigenvalue weighted by atomic mass is 9.84. The number of rotatable bonds is 6. The molecule has 1 N–H and O–H groups in total. The van der Waals surface area contributed by atoms with Crippen molar-refractivity contribution in [2.45, 2.75) is 38.6 Å². The van der Waals surface area contributed by atoms with E-state index in [1.54, 1.807) is 12.1 Å². The molecule has 0 aliphatic heterocycles. The van der Waals surface area contributed by atoms with Gasteiger partial charge in [0, 0.05) is 17.0 Å². The first kappa shape index (κ1) is 19.4. The number of thiophene rings is 1. The second-order valence-electron chi connectivity index (χ2n) is 8.50. The molecule has 3 aromatic rings. The van der Waals surface area contributed by atoms with E-state index in [9.17, 15) is 9.18 Å². The van der Waals surface area contributed by atoms with Crippen molar-refractivity contribution in [3.05, 3.63) is 41.8 Å². The molecule has 2 saturated carbocycles. The van der Waals surface area contributed by atoms with Crippen molar-refractivity contribution in [1.29, 1.82) is 0 Å². The quantitative estimate of drug-likeness (QED) is 0.615. The predicted molar refractivity (Wildman–Crippen MR) is 115 cm³/mol. The van der Waals surface area contributed by atoms with E-state index in [0.717, 1.165) is 33.2 Å². The maximum Gasteiger partial charge on any atom is 0.258 e. The van der Waals surface area contributed by atoms with Gasteiger partial charge in [-0.25, -0.2) is 14.4 Å². The molecule has 0 spiro atoms. The van der Waals surface area contributed by atoms with Crippen molar-refractivity contribution >= 4 is 27.5 Å². The Balaban J connectivity index is 1.29. The highest BCUT2D eigenvalue weighted by Gasteiger charge is 2.42. The van der Waals surface area contributed by atoms with Crippen molar-refractivity contribution in [3.63, 3.8) is 0 Å². The summed E-state index contributed by atoms with van der Waals surface area (Å²) in [6, 6.07) is 6.45. The van der Waals surface area contributed by atoms with E-state index < -0.39 is 0 Å². The maximum absolute atomic E-state index is 13.3. The lowest BCUT2D eigenvalue weighted by Crippen LogP contribution is -2.42. The summed E-state index contributed by atoms with van der Waals surface area (Å²) in [6.45, 7) is 2.02. The molecule has 2 heterocycles. The Labute approximate surface area is 178 Å². The Morgan fingerprint density at radius 1 is 1.27 bits per heavy atom. The first-order valence-corrected chi connectivity index (χ1v) is 11.4. The lowest BCUT2D eigenvalue weighted by molar-refractivity contribution is -0.124. The zero-order chi connectivity index (χ0) is 20.7. The van der Waals surface area contributed by atoms with Crippen LogP contribution in [0.1, 0.15) is 32.6 Å². The summed E-state index contributed by atoms with van der Waals surface area (Å²) in [4.78, 5) is 21.9. The Bertz CT molecular complexity index is 1070. The highest BCUT2D eigenvalue weighted by molar-refractivity contribution is 7.17. The van der Waals surface area contributed by atoms with Gasteiger partial charge in [-0.05, 0) is 61.6 Å². The molecular formula is C23H24FN3O2S. The van der Waals surface area contributed by atoms with Gasteiger partial charge in [-0.2, -0.15) is 0 Å². The SMILES string of the molecule is C[C@@H](NC(=O)COc1ncnc2scc(-c3ccc(F)cc3)c12)[C@@H]1C[C@H]2CC[C@H]1C2. The number of fused-ring (bicyclic) bond motifs is 3. The lowest BCUT2D eigenvalue weighted by Gasteiger charge is -2.28. The van der Waals surface area contributed by atoms with Crippen LogP contribution in [-0.4, -0.2) is 28.5 Å². The predicted octanol–water partition coefficient (Wildman–Crippen LogP) is 4.82. The van der Waals surface area contributed by atoms with Crippen LogP contribution in [0.5, 0.6) is 5.88 Å². The summed E-state index contributed by atoms with van der Waals surface area (Å²) >= 11 is 1.47. The van der Waals surface area contributed by atoms with Crippen molar-refractivity contribution in [2.24, 2.45) is 17.8 Å². The second-order valence-corrected chi connectivity index (χ2v) is 9.36. The van der Waals surface area contributed by atoms with Crippen LogP contribution in [0.3, 0.4) is 0 Å². The molecule has 2 aliphatic carbocycles. The van der Waals surface area contributed by atoms with Gasteiger partial charge in [-0.1, -0.05) is 18.6 Å². The minimum absolute atomic E-state index is 0.0873. The average Bonchev–Trinajstić information content (AvgIpc) is 3.48. The topological polar surface area (TPSA) is 64.1 Å². The minimum atomic E-state index is -0.285. The number of nitrogens with one attached hydrogen (secondary N) is 1. The zero-order valence-corrected chi connectivity index (χ0v) is 17.6. The van der Waals surface area contributed by atoms with E-state index in [-0.39, 0.29) is 24.4 Å².